The van der Waals surface area contributed by atoms with Crippen molar-refractivity contribution in [2.24, 2.45) is 5.11 Å². The number of aliphatic hydroxyl groups excluding tert-OH is 1. The molecule has 1 fully saturated rings. The van der Waals surface area contributed by atoms with Gasteiger partial charge in [-0.15, -0.1) is 0 Å². The Morgan fingerprint density at radius 2 is 1.55 bits per heavy atom. The highest BCUT2D eigenvalue weighted by molar-refractivity contribution is 5.84. The van der Waals surface area contributed by atoms with E-state index < -0.39 is 42.7 Å². The number of alkyl halides is 2. The van der Waals surface area contributed by atoms with Gasteiger partial charge in [-0.25, -0.2) is 15.0 Å². The molecular formula is C34H34F2N8O5. The number of hydrogen-bond donors (Lipinski definition) is 2. The van der Waals surface area contributed by atoms with E-state index in [1.54, 1.807) is 21.1 Å². The fourth-order valence-electron chi connectivity index (χ4n) is 6.24. The van der Waals surface area contributed by atoms with E-state index in [4.69, 9.17) is 18.9 Å². The standard InChI is InChI=1S/C34H34F2N8O5/c1-4-26-27(42-43-37)29(49-33(35,36)18-45)32(48-26)44-20-40-28-30(38-19-39-31(28)44)41-34(21-8-6-5-7-9-21,22-10-14-24(46-2)15-11-22)23-12-16-25(47-3)17-13-23/h5-17,19-20,26-27,29,32,45H,4,18H2,1-3H3,(H,38,39,41)/t26-,27-,29-,32-/m1/s1. The Labute approximate surface area is 280 Å². The number of methoxy groups -OCH3 is 2. The molecule has 5 aromatic rings. The Balaban J connectivity index is 1.52. The van der Waals surface area contributed by atoms with E-state index in [0.717, 1.165) is 16.7 Å². The van der Waals surface area contributed by atoms with Crippen molar-refractivity contribution < 1.29 is 32.8 Å². The predicted octanol–water partition coefficient (Wildman–Crippen LogP) is 6.20. The van der Waals surface area contributed by atoms with Gasteiger partial charge < -0.3 is 29.4 Å². The molecule has 0 radical (unpaired) electrons. The molecule has 0 aliphatic carbocycles. The SMILES string of the molecule is CC[C@H]1O[C@@H](n2cnc3c(NC(c4ccccc4)(c4ccc(OC)cc4)c4ccc(OC)cc4)ncnc32)[C@H](OC(F)(F)CO)[C@@H]1N=[N+]=[N-]. The average molecular weight is 673 g/mol. The highest BCUT2D eigenvalue weighted by atomic mass is 19.3. The van der Waals surface area contributed by atoms with Gasteiger partial charge in [0.15, 0.2) is 23.2 Å². The third-order valence-corrected chi connectivity index (χ3v) is 8.58. The number of nitrogens with one attached hydrogen (secondary N) is 1. The summed E-state index contributed by atoms with van der Waals surface area (Å²) < 4.78 is 52.5. The molecule has 49 heavy (non-hydrogen) atoms. The zero-order chi connectivity index (χ0) is 34.6. The van der Waals surface area contributed by atoms with Crippen LogP contribution in [0, 0.1) is 0 Å². The summed E-state index contributed by atoms with van der Waals surface area (Å²) in [6.07, 6.45) is -4.34. The normalized spacial score (nSPS) is 19.4. The van der Waals surface area contributed by atoms with Crippen molar-refractivity contribution in [1.29, 1.82) is 0 Å². The van der Waals surface area contributed by atoms with Crippen LogP contribution < -0.4 is 14.8 Å². The number of hydrogen-bond acceptors (Lipinski definition) is 10. The molecule has 1 aliphatic heterocycles. The lowest BCUT2D eigenvalue weighted by Crippen LogP contribution is -2.40. The number of nitrogens with zero attached hydrogens (tertiary/aromatic N) is 7. The van der Waals surface area contributed by atoms with Crippen molar-refractivity contribution in [3.8, 4) is 11.5 Å². The van der Waals surface area contributed by atoms with Gasteiger partial charge >= 0.3 is 6.11 Å². The highest BCUT2D eigenvalue weighted by Gasteiger charge is 2.50. The van der Waals surface area contributed by atoms with E-state index in [1.807, 2.05) is 78.9 Å². The van der Waals surface area contributed by atoms with Crippen molar-refractivity contribution in [3.05, 3.63) is 119 Å². The fraction of sp³-hybridized carbons (Fsp3) is 0.324. The lowest BCUT2D eigenvalue weighted by Gasteiger charge is -2.37. The monoisotopic (exact) mass is 672 g/mol. The van der Waals surface area contributed by atoms with Gasteiger partial charge in [0.25, 0.3) is 0 Å². The van der Waals surface area contributed by atoms with Crippen LogP contribution in [0.15, 0.2) is 96.6 Å². The number of benzene rings is 3. The number of rotatable bonds is 13. The number of azide groups is 1. The first-order valence-corrected chi connectivity index (χ1v) is 15.4. The maximum absolute atomic E-state index is 14.5. The van der Waals surface area contributed by atoms with Gasteiger partial charge in [-0.2, -0.15) is 8.78 Å². The van der Waals surface area contributed by atoms with Crippen LogP contribution in [0.1, 0.15) is 36.3 Å². The molecule has 3 aromatic carbocycles. The van der Waals surface area contributed by atoms with Crippen LogP contribution in [0.4, 0.5) is 14.6 Å². The molecule has 15 heteroatoms. The first-order valence-electron chi connectivity index (χ1n) is 15.4. The number of ether oxygens (including phenoxy) is 4. The third-order valence-electron chi connectivity index (χ3n) is 8.58. The summed E-state index contributed by atoms with van der Waals surface area (Å²) in [5.41, 5.74) is 11.3. The topological polar surface area (TPSA) is 162 Å². The number of anilines is 1. The summed E-state index contributed by atoms with van der Waals surface area (Å²) in [4.78, 5) is 16.5. The zero-order valence-electron chi connectivity index (χ0n) is 26.9. The second kappa shape index (κ2) is 14.0. The number of imidazole rings is 1. The van der Waals surface area contributed by atoms with E-state index in [2.05, 4.69) is 30.3 Å². The van der Waals surface area contributed by atoms with E-state index in [9.17, 15) is 19.4 Å². The Hall–Kier alpha value is -5.34. The number of aliphatic hydroxyl groups is 1. The second-order valence-electron chi connectivity index (χ2n) is 11.3. The molecule has 0 amide bonds. The first-order chi connectivity index (χ1) is 23.8. The van der Waals surface area contributed by atoms with Crippen molar-refractivity contribution in [2.45, 2.75) is 49.5 Å². The predicted molar refractivity (Wildman–Crippen MR) is 175 cm³/mol. The minimum absolute atomic E-state index is 0.242. The average Bonchev–Trinajstić information content (AvgIpc) is 3.72. The largest absolute Gasteiger partial charge is 0.497 e. The van der Waals surface area contributed by atoms with Gasteiger partial charge in [0.05, 0.1) is 32.7 Å². The molecule has 13 nitrogen and oxygen atoms in total. The number of halogens is 2. The molecule has 1 saturated heterocycles. The lowest BCUT2D eigenvalue weighted by molar-refractivity contribution is -0.290. The summed E-state index contributed by atoms with van der Waals surface area (Å²) >= 11 is 0. The van der Waals surface area contributed by atoms with Gasteiger partial charge in [-0.05, 0) is 52.9 Å². The van der Waals surface area contributed by atoms with Gasteiger partial charge in [-0.3, -0.25) is 4.57 Å². The Morgan fingerprint density at radius 3 is 2.10 bits per heavy atom. The maximum atomic E-state index is 14.5. The molecule has 2 N–H and O–H groups in total. The fourth-order valence-corrected chi connectivity index (χ4v) is 6.24. The maximum Gasteiger partial charge on any atom is 0.379 e. The Kier molecular flexibility index (Phi) is 9.60. The van der Waals surface area contributed by atoms with Gasteiger partial charge in [0.2, 0.25) is 0 Å². The van der Waals surface area contributed by atoms with Crippen molar-refractivity contribution >= 4 is 17.0 Å². The van der Waals surface area contributed by atoms with Crippen LogP contribution in [0.25, 0.3) is 21.6 Å². The van der Waals surface area contributed by atoms with Gasteiger partial charge in [0.1, 0.15) is 36.1 Å². The molecule has 2 aromatic heterocycles. The smallest absolute Gasteiger partial charge is 0.379 e. The van der Waals surface area contributed by atoms with Crippen molar-refractivity contribution in [1.82, 2.24) is 19.5 Å². The molecule has 3 heterocycles. The number of aromatic nitrogens is 4. The van der Waals surface area contributed by atoms with Crippen LogP contribution in [-0.2, 0) is 15.0 Å². The first kappa shape index (κ1) is 33.6. The van der Waals surface area contributed by atoms with Gasteiger partial charge in [0, 0.05) is 4.91 Å². The Bertz CT molecular complexity index is 1870. The van der Waals surface area contributed by atoms with Crippen LogP contribution in [0.2, 0.25) is 0 Å². The number of fused-ring (bicyclic) bond motifs is 1. The van der Waals surface area contributed by atoms with Crippen LogP contribution in [0.3, 0.4) is 0 Å². The summed E-state index contributed by atoms with van der Waals surface area (Å²) in [6.45, 7) is 0.196. The molecule has 0 unspecified atom stereocenters. The van der Waals surface area contributed by atoms with Crippen LogP contribution >= 0.6 is 0 Å². The summed E-state index contributed by atoms with van der Waals surface area (Å²) in [5.74, 6) is 1.68. The molecule has 4 atom stereocenters. The molecule has 1 aliphatic rings. The molecule has 0 spiro atoms. The molecular weight excluding hydrogens is 638 g/mol. The summed E-state index contributed by atoms with van der Waals surface area (Å²) in [5, 5.41) is 16.7. The summed E-state index contributed by atoms with van der Waals surface area (Å²) in [7, 11) is 3.20. The van der Waals surface area contributed by atoms with Crippen molar-refractivity contribution in [2.75, 3.05) is 26.1 Å². The van der Waals surface area contributed by atoms with E-state index in [-0.39, 0.29) is 5.65 Å². The third kappa shape index (κ3) is 6.32. The van der Waals surface area contributed by atoms with Crippen LogP contribution in [-0.4, -0.2) is 69.8 Å². The molecule has 6 rings (SSSR count). The molecule has 0 saturated carbocycles. The molecule has 0 bridgehead atoms. The van der Waals surface area contributed by atoms with Gasteiger partial charge in [-0.1, -0.05) is 66.6 Å². The zero-order valence-corrected chi connectivity index (χ0v) is 26.9. The van der Waals surface area contributed by atoms with E-state index >= 15 is 0 Å². The Morgan fingerprint density at radius 1 is 0.939 bits per heavy atom. The minimum Gasteiger partial charge on any atom is -0.497 e. The summed E-state index contributed by atoms with van der Waals surface area (Å²) in [6, 6.07) is 24.0. The van der Waals surface area contributed by atoms with Crippen LogP contribution in [0.5, 0.6) is 11.5 Å². The van der Waals surface area contributed by atoms with E-state index in [0.29, 0.717) is 29.3 Å². The van der Waals surface area contributed by atoms with E-state index in [1.165, 1.54) is 17.2 Å². The minimum atomic E-state index is -3.93. The lowest BCUT2D eigenvalue weighted by atomic mass is 9.77. The quantitative estimate of drug-likeness (QED) is 0.0642. The van der Waals surface area contributed by atoms with Crippen molar-refractivity contribution in [3.63, 3.8) is 0 Å². The highest BCUT2D eigenvalue weighted by Crippen LogP contribution is 2.43. The molecule has 254 valence electrons. The second-order valence-corrected chi connectivity index (χ2v) is 11.3.